The van der Waals surface area contributed by atoms with Crippen molar-refractivity contribution in [2.45, 2.75) is 18.7 Å². The van der Waals surface area contributed by atoms with Crippen LogP contribution in [0.5, 0.6) is 11.5 Å². The highest BCUT2D eigenvalue weighted by atomic mass is 16.5. The lowest BCUT2D eigenvalue weighted by Crippen LogP contribution is -2.47. The van der Waals surface area contributed by atoms with Gasteiger partial charge in [-0.2, -0.15) is 0 Å². The highest BCUT2D eigenvalue weighted by molar-refractivity contribution is 6.04. The van der Waals surface area contributed by atoms with E-state index in [2.05, 4.69) is 0 Å². The van der Waals surface area contributed by atoms with Crippen LogP contribution in [0.3, 0.4) is 0 Å². The SMILES string of the molecule is COc1cc2c(cc1O)N(C)[C@@H](O)[C@@H]1CC(=O)CN1C2=O. The smallest absolute Gasteiger partial charge is 0.256 e. The van der Waals surface area contributed by atoms with Gasteiger partial charge in [0.15, 0.2) is 17.3 Å². The fraction of sp³-hybridized carbons (Fsp3) is 0.429. The maximum atomic E-state index is 12.6. The van der Waals surface area contributed by atoms with E-state index in [0.717, 1.165) is 0 Å². The van der Waals surface area contributed by atoms with Crippen LogP contribution in [0.4, 0.5) is 5.69 Å². The lowest BCUT2D eigenvalue weighted by molar-refractivity contribution is -0.116. The van der Waals surface area contributed by atoms with Gasteiger partial charge in [-0.1, -0.05) is 0 Å². The van der Waals surface area contributed by atoms with E-state index < -0.39 is 12.3 Å². The molecule has 1 aromatic carbocycles. The third kappa shape index (κ3) is 1.92. The number of aliphatic hydroxyl groups excluding tert-OH is 1. The molecule has 0 spiro atoms. The van der Waals surface area contributed by atoms with Gasteiger partial charge in [-0.25, -0.2) is 0 Å². The van der Waals surface area contributed by atoms with Gasteiger partial charge < -0.3 is 24.7 Å². The van der Waals surface area contributed by atoms with Gasteiger partial charge in [-0.15, -0.1) is 0 Å². The number of aliphatic hydroxyl groups is 1. The number of phenolic OH excluding ortho intramolecular Hbond substituents is 1. The average molecular weight is 292 g/mol. The Hall–Kier alpha value is -2.28. The van der Waals surface area contributed by atoms with Crippen molar-refractivity contribution in [3.8, 4) is 11.5 Å². The molecule has 2 aliphatic heterocycles. The van der Waals surface area contributed by atoms with Crippen LogP contribution >= 0.6 is 0 Å². The second kappa shape index (κ2) is 4.63. The van der Waals surface area contributed by atoms with E-state index in [4.69, 9.17) is 4.74 Å². The van der Waals surface area contributed by atoms with Crippen molar-refractivity contribution < 1.29 is 24.5 Å². The van der Waals surface area contributed by atoms with E-state index in [1.165, 1.54) is 29.0 Å². The molecule has 3 rings (SSSR count). The van der Waals surface area contributed by atoms with Gasteiger partial charge in [0.05, 0.1) is 30.9 Å². The van der Waals surface area contributed by atoms with Crippen LogP contribution in [-0.2, 0) is 4.79 Å². The third-order valence-electron chi connectivity index (χ3n) is 4.09. The van der Waals surface area contributed by atoms with Crippen LogP contribution in [0.1, 0.15) is 16.8 Å². The number of benzene rings is 1. The van der Waals surface area contributed by atoms with Crippen LogP contribution < -0.4 is 9.64 Å². The summed E-state index contributed by atoms with van der Waals surface area (Å²) in [5, 5.41) is 20.3. The third-order valence-corrected chi connectivity index (χ3v) is 4.09. The fourth-order valence-corrected chi connectivity index (χ4v) is 2.94. The molecule has 0 unspecified atom stereocenters. The zero-order chi connectivity index (χ0) is 15.3. The number of phenols is 1. The number of fused-ring (bicyclic) bond motifs is 2. The molecule has 2 aliphatic rings. The highest BCUT2D eigenvalue weighted by Crippen LogP contribution is 2.39. The van der Waals surface area contributed by atoms with Gasteiger partial charge in [0, 0.05) is 19.5 Å². The Morgan fingerprint density at radius 1 is 1.33 bits per heavy atom. The fourth-order valence-electron chi connectivity index (χ4n) is 2.94. The van der Waals surface area contributed by atoms with Gasteiger partial charge >= 0.3 is 0 Å². The first-order valence-electron chi connectivity index (χ1n) is 6.58. The number of hydrogen-bond acceptors (Lipinski definition) is 6. The molecule has 2 atom stereocenters. The van der Waals surface area contributed by atoms with E-state index in [0.29, 0.717) is 11.3 Å². The van der Waals surface area contributed by atoms with Crippen LogP contribution in [0.2, 0.25) is 0 Å². The second-order valence-corrected chi connectivity index (χ2v) is 5.31. The number of nitrogens with zero attached hydrogens (tertiary/aromatic N) is 2. The van der Waals surface area contributed by atoms with Gasteiger partial charge in [0.25, 0.3) is 5.91 Å². The van der Waals surface area contributed by atoms with Crippen LogP contribution in [-0.4, -0.2) is 59.8 Å². The molecule has 0 radical (unpaired) electrons. The number of ether oxygens (including phenoxy) is 1. The van der Waals surface area contributed by atoms with Crippen LogP contribution in [0.25, 0.3) is 0 Å². The maximum absolute atomic E-state index is 12.6. The largest absolute Gasteiger partial charge is 0.504 e. The average Bonchev–Trinajstić information content (AvgIpc) is 2.83. The number of carbonyl (C=O) groups is 2. The minimum atomic E-state index is -1.01. The summed E-state index contributed by atoms with van der Waals surface area (Å²) in [7, 11) is 3.01. The number of carbonyl (C=O) groups excluding carboxylic acids is 2. The van der Waals surface area contributed by atoms with Crippen molar-refractivity contribution in [1.29, 1.82) is 0 Å². The summed E-state index contributed by atoms with van der Waals surface area (Å²) in [5.74, 6) is -0.354. The highest BCUT2D eigenvalue weighted by Gasteiger charge is 2.44. The van der Waals surface area contributed by atoms with Crippen molar-refractivity contribution in [2.75, 3.05) is 25.6 Å². The molecule has 0 bridgehead atoms. The Kier molecular flexibility index (Phi) is 3.02. The zero-order valence-electron chi connectivity index (χ0n) is 11.7. The topological polar surface area (TPSA) is 90.3 Å². The Morgan fingerprint density at radius 3 is 2.71 bits per heavy atom. The Labute approximate surface area is 121 Å². The number of amides is 1. The number of likely N-dealkylation sites (N-methyl/N-ethyl adjacent to an activating group) is 1. The minimum Gasteiger partial charge on any atom is -0.504 e. The summed E-state index contributed by atoms with van der Waals surface area (Å²) in [6.45, 7) is -0.00294. The number of rotatable bonds is 1. The van der Waals surface area contributed by atoms with Crippen molar-refractivity contribution >= 4 is 17.4 Å². The molecule has 0 saturated carbocycles. The number of anilines is 1. The monoisotopic (exact) mass is 292 g/mol. The molecule has 1 fully saturated rings. The molecular formula is C14H16N2O5. The summed E-state index contributed by atoms with van der Waals surface area (Å²) in [4.78, 5) is 27.1. The standard InChI is InChI=1S/C14H16N2O5/c1-15-9-5-11(18)12(21-2)4-8(9)13(19)16-6-7(17)3-10(16)14(15)20/h4-5,10,14,18,20H,3,6H2,1-2H3/t10-,14-/m0/s1. The van der Waals surface area contributed by atoms with Gasteiger partial charge in [-0.05, 0) is 6.07 Å². The number of aromatic hydroxyl groups is 1. The zero-order valence-corrected chi connectivity index (χ0v) is 11.7. The molecule has 2 N–H and O–H groups in total. The Balaban J connectivity index is 2.17. The normalized spacial score (nSPS) is 24.7. The van der Waals surface area contributed by atoms with Gasteiger partial charge in [0.2, 0.25) is 0 Å². The molecule has 1 amide bonds. The van der Waals surface area contributed by atoms with Crippen molar-refractivity contribution in [3.63, 3.8) is 0 Å². The predicted octanol–water partition coefficient (Wildman–Crippen LogP) is -0.0474. The molecule has 2 heterocycles. The van der Waals surface area contributed by atoms with Gasteiger partial charge in [-0.3, -0.25) is 9.59 Å². The van der Waals surface area contributed by atoms with Crippen molar-refractivity contribution in [2.24, 2.45) is 0 Å². The first-order valence-corrected chi connectivity index (χ1v) is 6.58. The number of ketones is 1. The molecule has 21 heavy (non-hydrogen) atoms. The Morgan fingerprint density at radius 2 is 2.05 bits per heavy atom. The lowest BCUT2D eigenvalue weighted by atomic mass is 10.1. The minimum absolute atomic E-state index is 0.00294. The molecular weight excluding hydrogens is 276 g/mol. The summed E-state index contributed by atoms with van der Waals surface area (Å²) < 4.78 is 5.03. The molecule has 7 heteroatoms. The number of methoxy groups -OCH3 is 1. The van der Waals surface area contributed by atoms with E-state index in [-0.39, 0.29) is 36.2 Å². The molecule has 0 aromatic heterocycles. The molecule has 112 valence electrons. The number of hydrogen-bond donors (Lipinski definition) is 2. The van der Waals surface area contributed by atoms with E-state index >= 15 is 0 Å². The van der Waals surface area contributed by atoms with E-state index in [1.807, 2.05) is 0 Å². The van der Waals surface area contributed by atoms with E-state index in [1.54, 1.807) is 7.05 Å². The lowest BCUT2D eigenvalue weighted by Gasteiger charge is -2.30. The summed E-state index contributed by atoms with van der Waals surface area (Å²) in [6.07, 6.45) is -0.872. The van der Waals surface area contributed by atoms with Crippen LogP contribution in [0, 0.1) is 0 Å². The summed E-state index contributed by atoms with van der Waals surface area (Å²) in [5.41, 5.74) is 0.705. The summed E-state index contributed by atoms with van der Waals surface area (Å²) in [6, 6.07) is 2.25. The first kappa shape index (κ1) is 13.7. The van der Waals surface area contributed by atoms with Crippen molar-refractivity contribution in [1.82, 2.24) is 4.90 Å². The molecule has 1 aromatic rings. The second-order valence-electron chi connectivity index (χ2n) is 5.31. The Bertz CT molecular complexity index is 630. The first-order chi connectivity index (χ1) is 9.93. The maximum Gasteiger partial charge on any atom is 0.256 e. The van der Waals surface area contributed by atoms with Crippen LogP contribution in [0.15, 0.2) is 12.1 Å². The molecule has 1 saturated heterocycles. The van der Waals surface area contributed by atoms with Crippen molar-refractivity contribution in [3.05, 3.63) is 17.7 Å². The number of Topliss-reactive ketones (excluding diaryl/α,β-unsaturated/α-hetero) is 1. The molecule has 7 nitrogen and oxygen atoms in total. The summed E-state index contributed by atoms with van der Waals surface area (Å²) >= 11 is 0. The van der Waals surface area contributed by atoms with Gasteiger partial charge in [0.1, 0.15) is 6.23 Å². The van der Waals surface area contributed by atoms with E-state index in [9.17, 15) is 19.8 Å². The molecule has 0 aliphatic carbocycles. The quantitative estimate of drug-likeness (QED) is 0.754. The predicted molar refractivity (Wildman–Crippen MR) is 73.5 cm³/mol.